The zero-order valence-corrected chi connectivity index (χ0v) is 17.4. The molecule has 9 heteroatoms. The Morgan fingerprint density at radius 1 is 1.20 bits per heavy atom. The maximum atomic E-state index is 13.5. The molecule has 2 heterocycles. The summed E-state index contributed by atoms with van der Waals surface area (Å²) in [6.07, 6.45) is 1.54. The van der Waals surface area contributed by atoms with Gasteiger partial charge < -0.3 is 9.52 Å². The summed E-state index contributed by atoms with van der Waals surface area (Å²) in [6, 6.07) is 13.5. The number of rotatable bonds is 4. The lowest BCUT2D eigenvalue weighted by molar-refractivity contribution is -0.113. The SMILES string of the molecule is O=C(O)c1cc(-c2ccc(/C=C3\SC(=S)N(c4cccc(F)c4)C3=O)o2)ccc1Cl. The fourth-order valence-corrected chi connectivity index (χ4v) is 4.34. The molecule has 2 aromatic carbocycles. The number of nitrogens with zero attached hydrogens (tertiary/aromatic N) is 1. The smallest absolute Gasteiger partial charge is 0.337 e. The monoisotopic (exact) mass is 459 g/mol. The minimum atomic E-state index is -1.14. The molecule has 1 saturated heterocycles. The fourth-order valence-electron chi connectivity index (χ4n) is 2.86. The Hall–Kier alpha value is -2.94. The molecular formula is C21H11ClFNO4S2. The van der Waals surface area contributed by atoms with Gasteiger partial charge in [0.15, 0.2) is 4.32 Å². The summed E-state index contributed by atoms with van der Waals surface area (Å²) in [4.78, 5) is 25.6. The molecule has 1 amide bonds. The summed E-state index contributed by atoms with van der Waals surface area (Å²) in [6.45, 7) is 0. The quantitative estimate of drug-likeness (QED) is 0.390. The molecule has 4 rings (SSSR count). The zero-order valence-electron chi connectivity index (χ0n) is 15.0. The summed E-state index contributed by atoms with van der Waals surface area (Å²) in [5.74, 6) is -1.19. The van der Waals surface area contributed by atoms with E-state index in [1.807, 2.05) is 0 Å². The Kier molecular flexibility index (Phi) is 5.46. The number of furan rings is 1. The molecule has 0 atom stereocenters. The van der Waals surface area contributed by atoms with Crippen LogP contribution in [-0.4, -0.2) is 21.3 Å². The molecule has 0 bridgehead atoms. The molecular weight excluding hydrogens is 449 g/mol. The lowest BCUT2D eigenvalue weighted by Crippen LogP contribution is -2.27. The number of carboxylic acids is 1. The molecule has 0 spiro atoms. The van der Waals surface area contributed by atoms with E-state index in [1.54, 1.807) is 24.3 Å². The van der Waals surface area contributed by atoms with Crippen molar-refractivity contribution in [2.75, 3.05) is 4.90 Å². The van der Waals surface area contributed by atoms with Crippen molar-refractivity contribution in [2.24, 2.45) is 0 Å². The first-order valence-electron chi connectivity index (χ1n) is 8.50. The van der Waals surface area contributed by atoms with Gasteiger partial charge in [-0.25, -0.2) is 9.18 Å². The van der Waals surface area contributed by atoms with Crippen LogP contribution in [0.1, 0.15) is 16.1 Å². The summed E-state index contributed by atoms with van der Waals surface area (Å²) in [5.41, 5.74) is 0.843. The molecule has 5 nitrogen and oxygen atoms in total. The van der Waals surface area contributed by atoms with Gasteiger partial charge in [-0.3, -0.25) is 9.69 Å². The van der Waals surface area contributed by atoms with Gasteiger partial charge in [0.2, 0.25) is 0 Å². The molecule has 3 aromatic rings. The van der Waals surface area contributed by atoms with E-state index in [4.69, 9.17) is 28.2 Å². The molecule has 0 unspecified atom stereocenters. The Balaban J connectivity index is 1.62. The lowest BCUT2D eigenvalue weighted by Gasteiger charge is -2.14. The van der Waals surface area contributed by atoms with Crippen LogP contribution in [0.15, 0.2) is 63.9 Å². The van der Waals surface area contributed by atoms with Crippen LogP contribution in [0.3, 0.4) is 0 Å². The second kappa shape index (κ2) is 8.06. The van der Waals surface area contributed by atoms with Crippen molar-refractivity contribution in [1.82, 2.24) is 0 Å². The first-order valence-corrected chi connectivity index (χ1v) is 10.1. The van der Waals surface area contributed by atoms with Gasteiger partial charge in [0.05, 0.1) is 21.2 Å². The molecule has 1 aromatic heterocycles. The number of anilines is 1. The highest BCUT2D eigenvalue weighted by atomic mass is 35.5. The van der Waals surface area contributed by atoms with Crippen molar-refractivity contribution >= 4 is 63.5 Å². The van der Waals surface area contributed by atoms with Gasteiger partial charge in [-0.05, 0) is 48.5 Å². The molecule has 1 aliphatic rings. The highest BCUT2D eigenvalue weighted by molar-refractivity contribution is 8.27. The number of carbonyl (C=O) groups excluding carboxylic acids is 1. The van der Waals surface area contributed by atoms with Gasteiger partial charge in [0, 0.05) is 11.6 Å². The minimum Gasteiger partial charge on any atom is -0.478 e. The van der Waals surface area contributed by atoms with Crippen molar-refractivity contribution in [3.05, 3.63) is 81.7 Å². The van der Waals surface area contributed by atoms with E-state index >= 15 is 0 Å². The Labute approximate surface area is 184 Å². The minimum absolute atomic E-state index is 0.0388. The van der Waals surface area contributed by atoms with Crippen LogP contribution in [0.2, 0.25) is 5.02 Å². The second-order valence-corrected chi connectivity index (χ2v) is 8.28. The number of hydrogen-bond acceptors (Lipinski definition) is 5. The van der Waals surface area contributed by atoms with E-state index in [1.165, 1.54) is 41.3 Å². The molecule has 1 N–H and O–H groups in total. The third-order valence-corrected chi connectivity index (χ3v) is 5.87. The Morgan fingerprint density at radius 2 is 2.00 bits per heavy atom. The molecule has 1 aliphatic heterocycles. The van der Waals surface area contributed by atoms with E-state index in [0.29, 0.717) is 27.7 Å². The van der Waals surface area contributed by atoms with E-state index < -0.39 is 11.8 Å². The average molecular weight is 460 g/mol. The van der Waals surface area contributed by atoms with Crippen molar-refractivity contribution in [1.29, 1.82) is 0 Å². The first-order chi connectivity index (χ1) is 14.3. The molecule has 0 saturated carbocycles. The van der Waals surface area contributed by atoms with E-state index in [-0.39, 0.29) is 20.8 Å². The van der Waals surface area contributed by atoms with Crippen LogP contribution in [0.25, 0.3) is 17.4 Å². The van der Waals surface area contributed by atoms with Crippen LogP contribution in [0, 0.1) is 5.82 Å². The van der Waals surface area contributed by atoms with Crippen molar-refractivity contribution < 1.29 is 23.5 Å². The average Bonchev–Trinajstić information content (AvgIpc) is 3.26. The second-order valence-electron chi connectivity index (χ2n) is 6.20. The predicted molar refractivity (Wildman–Crippen MR) is 118 cm³/mol. The van der Waals surface area contributed by atoms with E-state index in [0.717, 1.165) is 11.8 Å². The molecule has 150 valence electrons. The predicted octanol–water partition coefficient (Wildman–Crippen LogP) is 5.84. The number of carbonyl (C=O) groups is 2. The number of carboxylic acid groups (broad SMARTS) is 1. The van der Waals surface area contributed by atoms with Gasteiger partial charge in [0.25, 0.3) is 5.91 Å². The van der Waals surface area contributed by atoms with Crippen molar-refractivity contribution in [3.63, 3.8) is 0 Å². The highest BCUT2D eigenvalue weighted by Gasteiger charge is 2.33. The summed E-state index contributed by atoms with van der Waals surface area (Å²) >= 11 is 12.3. The van der Waals surface area contributed by atoms with Crippen molar-refractivity contribution in [3.8, 4) is 11.3 Å². The van der Waals surface area contributed by atoms with Crippen LogP contribution in [0.5, 0.6) is 0 Å². The Morgan fingerprint density at radius 3 is 2.73 bits per heavy atom. The molecule has 0 aliphatic carbocycles. The van der Waals surface area contributed by atoms with Gasteiger partial charge in [-0.15, -0.1) is 0 Å². The third kappa shape index (κ3) is 3.89. The highest BCUT2D eigenvalue weighted by Crippen LogP contribution is 2.37. The van der Waals surface area contributed by atoms with Crippen LogP contribution >= 0.6 is 35.6 Å². The number of halogens is 2. The summed E-state index contributed by atoms with van der Waals surface area (Å²) in [5, 5.41) is 9.34. The zero-order chi connectivity index (χ0) is 21.4. The number of hydrogen-bond donors (Lipinski definition) is 1. The fraction of sp³-hybridized carbons (Fsp3) is 0. The van der Waals surface area contributed by atoms with Crippen LogP contribution in [0.4, 0.5) is 10.1 Å². The summed E-state index contributed by atoms with van der Waals surface area (Å²) < 4.78 is 19.6. The van der Waals surface area contributed by atoms with E-state index in [9.17, 15) is 19.1 Å². The Bertz CT molecular complexity index is 1240. The number of amides is 1. The van der Waals surface area contributed by atoms with Crippen LogP contribution in [-0.2, 0) is 4.79 Å². The standard InChI is InChI=1S/C21H11ClFNO4S2/c22-16-6-4-11(8-15(16)20(26)27)17-7-5-14(28-17)10-18-19(25)24(21(29)30-18)13-3-1-2-12(23)9-13/h1-10H,(H,26,27)/b18-10-. The maximum Gasteiger partial charge on any atom is 0.337 e. The number of thiocarbonyl (C=S) groups is 1. The topological polar surface area (TPSA) is 70.8 Å². The maximum absolute atomic E-state index is 13.5. The van der Waals surface area contributed by atoms with Crippen LogP contribution < -0.4 is 4.90 Å². The lowest BCUT2D eigenvalue weighted by atomic mass is 10.1. The molecule has 30 heavy (non-hydrogen) atoms. The largest absolute Gasteiger partial charge is 0.478 e. The van der Waals surface area contributed by atoms with Gasteiger partial charge in [0.1, 0.15) is 17.3 Å². The third-order valence-electron chi connectivity index (χ3n) is 4.24. The van der Waals surface area contributed by atoms with Gasteiger partial charge in [-0.1, -0.05) is 41.6 Å². The number of aromatic carboxylic acids is 1. The normalized spacial score (nSPS) is 15.3. The van der Waals surface area contributed by atoms with Gasteiger partial charge in [-0.2, -0.15) is 0 Å². The van der Waals surface area contributed by atoms with Crippen molar-refractivity contribution in [2.45, 2.75) is 0 Å². The molecule has 1 fully saturated rings. The number of benzene rings is 2. The number of thioether (sulfide) groups is 1. The summed E-state index contributed by atoms with van der Waals surface area (Å²) in [7, 11) is 0. The van der Waals surface area contributed by atoms with Gasteiger partial charge >= 0.3 is 5.97 Å². The van der Waals surface area contributed by atoms with E-state index in [2.05, 4.69) is 0 Å². The molecule has 0 radical (unpaired) electrons. The first kappa shape index (κ1) is 20.3.